The number of hydrogen-bond donors (Lipinski definition) is 3. The SMILES string of the molecule is COc1cc2c(cc1N=Nc1ccc(C)cc1C#N)C(C)=CC(C)(C)N2CCCC(=O)NC/C=C/c1cn([C@H]2C[C@@H](O)[C@@H](C)O2)c(=O)[nH]c1=O. The van der Waals surface area contributed by atoms with Gasteiger partial charge in [0, 0.05) is 49.4 Å². The number of aromatic amines is 1. The van der Waals surface area contributed by atoms with Gasteiger partial charge in [0.15, 0.2) is 0 Å². The lowest BCUT2D eigenvalue weighted by Crippen LogP contribution is -2.45. The van der Waals surface area contributed by atoms with E-state index >= 15 is 0 Å². The van der Waals surface area contributed by atoms with E-state index in [2.05, 4.69) is 58.3 Å². The van der Waals surface area contributed by atoms with Gasteiger partial charge in [-0.15, -0.1) is 10.2 Å². The number of carbonyl (C=O) groups is 1. The van der Waals surface area contributed by atoms with Crippen molar-refractivity contribution in [3.05, 3.63) is 91.8 Å². The Balaban J connectivity index is 1.22. The van der Waals surface area contributed by atoms with E-state index < -0.39 is 29.7 Å². The number of carbonyl (C=O) groups excluding carboxylic acids is 1. The van der Waals surface area contributed by atoms with Crippen LogP contribution in [0.5, 0.6) is 5.75 Å². The molecule has 1 fully saturated rings. The molecular weight excluding hydrogens is 638 g/mol. The molecule has 5 rings (SSSR count). The predicted molar refractivity (Wildman–Crippen MR) is 191 cm³/mol. The van der Waals surface area contributed by atoms with Crippen LogP contribution in [-0.2, 0) is 9.53 Å². The van der Waals surface area contributed by atoms with Crippen LogP contribution in [0.15, 0.2) is 68.5 Å². The van der Waals surface area contributed by atoms with Crippen LogP contribution in [0.1, 0.15) is 75.4 Å². The van der Waals surface area contributed by atoms with Crippen molar-refractivity contribution in [1.29, 1.82) is 5.26 Å². The number of amides is 1. The minimum absolute atomic E-state index is 0.140. The molecule has 1 aromatic heterocycles. The van der Waals surface area contributed by atoms with Crippen molar-refractivity contribution in [1.82, 2.24) is 14.9 Å². The lowest BCUT2D eigenvalue weighted by atomic mass is 9.88. The van der Waals surface area contributed by atoms with Crippen LogP contribution in [0, 0.1) is 18.3 Å². The third-order valence-corrected chi connectivity index (χ3v) is 8.98. The summed E-state index contributed by atoms with van der Waals surface area (Å²) >= 11 is 0. The van der Waals surface area contributed by atoms with Gasteiger partial charge in [0.1, 0.15) is 29.4 Å². The smallest absolute Gasteiger partial charge is 0.330 e. The monoisotopic (exact) mass is 681 g/mol. The maximum atomic E-state index is 12.8. The van der Waals surface area contributed by atoms with Gasteiger partial charge in [-0.1, -0.05) is 24.3 Å². The zero-order chi connectivity index (χ0) is 36.2. The van der Waals surface area contributed by atoms with E-state index in [0.717, 1.165) is 22.4 Å². The van der Waals surface area contributed by atoms with Crippen molar-refractivity contribution >= 4 is 34.6 Å². The molecule has 2 aromatic carbocycles. The van der Waals surface area contributed by atoms with Crippen molar-refractivity contribution < 1.29 is 19.4 Å². The number of aliphatic hydroxyl groups is 1. The first kappa shape index (κ1) is 36.0. The Bertz CT molecular complexity index is 2010. The van der Waals surface area contributed by atoms with E-state index in [0.29, 0.717) is 35.7 Å². The van der Waals surface area contributed by atoms with Gasteiger partial charge in [0.05, 0.1) is 36.0 Å². The minimum Gasteiger partial charge on any atom is -0.494 e. The van der Waals surface area contributed by atoms with Crippen LogP contribution in [-0.4, -0.2) is 58.5 Å². The molecular formula is C37H43N7O6. The summed E-state index contributed by atoms with van der Waals surface area (Å²) in [5, 5.41) is 31.2. The number of fused-ring (bicyclic) bond motifs is 1. The predicted octanol–water partition coefficient (Wildman–Crippen LogP) is 5.42. The number of allylic oxidation sites excluding steroid dienone is 1. The largest absolute Gasteiger partial charge is 0.494 e. The lowest BCUT2D eigenvalue weighted by Gasteiger charge is -2.43. The number of hydrogen-bond acceptors (Lipinski definition) is 10. The first-order valence-corrected chi connectivity index (χ1v) is 16.6. The highest BCUT2D eigenvalue weighted by Gasteiger charge is 2.33. The number of H-pyrrole nitrogens is 1. The van der Waals surface area contributed by atoms with Crippen LogP contribution >= 0.6 is 0 Å². The van der Waals surface area contributed by atoms with Gasteiger partial charge in [-0.2, -0.15) is 5.26 Å². The fourth-order valence-corrected chi connectivity index (χ4v) is 6.33. The molecule has 262 valence electrons. The summed E-state index contributed by atoms with van der Waals surface area (Å²) in [6, 6.07) is 11.5. The van der Waals surface area contributed by atoms with Gasteiger partial charge in [0.2, 0.25) is 5.91 Å². The topological polar surface area (TPSA) is 174 Å². The van der Waals surface area contributed by atoms with E-state index in [1.165, 1.54) is 16.8 Å². The molecule has 2 aliphatic rings. The maximum absolute atomic E-state index is 12.8. The standard InChI is InChI=1S/C37H43N7O6/c1-22-11-12-28(26(15-22)20-38)41-42-29-16-27-23(2)19-37(4,5)44(30(27)17-32(29)49-6)14-8-10-33(46)39-13-7-9-25-21-43(36(48)40-35(25)47)34-18-31(45)24(3)50-34/h7,9,11-12,15-17,19,21,24,31,34,45H,8,10,13-14,18H2,1-6H3,(H,39,46)(H,40,47,48)/b9-7+,42-41?/t24-,31-,34-/m1/s1. The lowest BCUT2D eigenvalue weighted by molar-refractivity contribution is -0.120. The second kappa shape index (κ2) is 15.1. The van der Waals surface area contributed by atoms with Crippen molar-refractivity contribution in [2.75, 3.05) is 25.1 Å². The molecule has 0 spiro atoms. The van der Waals surface area contributed by atoms with E-state index in [1.807, 2.05) is 25.1 Å². The van der Waals surface area contributed by atoms with E-state index in [9.17, 15) is 24.8 Å². The average Bonchev–Trinajstić information content (AvgIpc) is 3.41. The number of azo groups is 1. The Labute approximate surface area is 290 Å². The molecule has 3 aromatic rings. The summed E-state index contributed by atoms with van der Waals surface area (Å²) in [6.45, 7) is 10.7. The molecule has 0 saturated carbocycles. The first-order chi connectivity index (χ1) is 23.8. The van der Waals surface area contributed by atoms with Crippen molar-refractivity contribution in [3.63, 3.8) is 0 Å². The van der Waals surface area contributed by atoms with Crippen molar-refractivity contribution in [2.24, 2.45) is 10.2 Å². The highest BCUT2D eigenvalue weighted by atomic mass is 16.5. The molecule has 1 saturated heterocycles. The van der Waals surface area contributed by atoms with Gasteiger partial charge in [-0.05, 0) is 70.4 Å². The molecule has 1 amide bonds. The zero-order valence-corrected chi connectivity index (χ0v) is 29.2. The van der Waals surface area contributed by atoms with Crippen molar-refractivity contribution in [2.45, 2.75) is 77.9 Å². The summed E-state index contributed by atoms with van der Waals surface area (Å²) in [5.74, 6) is 0.397. The number of nitrogens with zero attached hydrogens (tertiary/aromatic N) is 5. The normalized spacial score (nSPS) is 19.8. The maximum Gasteiger partial charge on any atom is 0.330 e. The summed E-state index contributed by atoms with van der Waals surface area (Å²) in [7, 11) is 1.58. The van der Waals surface area contributed by atoms with Crippen LogP contribution < -0.4 is 26.2 Å². The van der Waals surface area contributed by atoms with Gasteiger partial charge >= 0.3 is 5.69 Å². The van der Waals surface area contributed by atoms with Crippen molar-refractivity contribution in [3.8, 4) is 11.8 Å². The number of aliphatic hydroxyl groups excluding tert-OH is 1. The number of benzene rings is 2. The zero-order valence-electron chi connectivity index (χ0n) is 29.2. The van der Waals surface area contributed by atoms with Crippen LogP contribution in [0.25, 0.3) is 11.6 Å². The average molecular weight is 682 g/mol. The second-order valence-corrected chi connectivity index (χ2v) is 13.2. The number of methoxy groups -OCH3 is 1. The Morgan fingerprint density at radius 1 is 1.22 bits per heavy atom. The molecule has 3 atom stereocenters. The number of nitrogens with one attached hydrogen (secondary N) is 2. The number of aromatic nitrogens is 2. The highest BCUT2D eigenvalue weighted by Crippen LogP contribution is 2.45. The van der Waals surface area contributed by atoms with Crippen LogP contribution in [0.3, 0.4) is 0 Å². The molecule has 2 aliphatic heterocycles. The Morgan fingerprint density at radius 2 is 1.98 bits per heavy atom. The van der Waals surface area contributed by atoms with Gasteiger partial charge in [0.25, 0.3) is 5.56 Å². The van der Waals surface area contributed by atoms with Gasteiger partial charge < -0.3 is 24.8 Å². The Kier molecular flexibility index (Phi) is 10.8. The molecule has 0 aliphatic carbocycles. The highest BCUT2D eigenvalue weighted by molar-refractivity contribution is 5.85. The summed E-state index contributed by atoms with van der Waals surface area (Å²) in [5.41, 5.74) is 4.16. The van der Waals surface area contributed by atoms with E-state index in [1.54, 1.807) is 32.2 Å². The molecule has 13 heteroatoms. The number of aryl methyl sites for hydroxylation is 1. The minimum atomic E-state index is -0.701. The molecule has 3 N–H and O–H groups in total. The van der Waals surface area contributed by atoms with E-state index in [4.69, 9.17) is 9.47 Å². The molecule has 0 radical (unpaired) electrons. The van der Waals surface area contributed by atoms with Gasteiger partial charge in [-0.3, -0.25) is 19.1 Å². The van der Waals surface area contributed by atoms with Gasteiger partial charge in [-0.25, -0.2) is 4.79 Å². The summed E-state index contributed by atoms with van der Waals surface area (Å²) in [6.07, 6.45) is 6.07. The number of anilines is 1. The molecule has 0 unspecified atom stereocenters. The van der Waals surface area contributed by atoms with Crippen LogP contribution in [0.2, 0.25) is 0 Å². The third kappa shape index (κ3) is 7.93. The third-order valence-electron chi connectivity index (χ3n) is 8.98. The molecule has 3 heterocycles. The Morgan fingerprint density at radius 3 is 2.68 bits per heavy atom. The number of ether oxygens (including phenoxy) is 2. The Hall–Kier alpha value is -5.32. The molecule has 50 heavy (non-hydrogen) atoms. The van der Waals surface area contributed by atoms with Crippen LogP contribution in [0.4, 0.5) is 17.1 Å². The fraction of sp³-hybridized carbons (Fsp3) is 0.405. The summed E-state index contributed by atoms with van der Waals surface area (Å²) in [4.78, 5) is 42.0. The number of nitriles is 1. The fourth-order valence-electron chi connectivity index (χ4n) is 6.33. The quantitative estimate of drug-likeness (QED) is 0.225. The summed E-state index contributed by atoms with van der Waals surface area (Å²) < 4.78 is 12.6. The molecule has 0 bridgehead atoms. The first-order valence-electron chi connectivity index (χ1n) is 16.6. The molecule has 13 nitrogen and oxygen atoms in total. The number of rotatable bonds is 11. The second-order valence-electron chi connectivity index (χ2n) is 13.2. The van der Waals surface area contributed by atoms with E-state index in [-0.39, 0.29) is 36.4 Å².